The van der Waals surface area contributed by atoms with Gasteiger partial charge < -0.3 is 4.74 Å². The molecular formula is C11H14ClIO. The summed E-state index contributed by atoms with van der Waals surface area (Å²) in [7, 11) is 0. The van der Waals surface area contributed by atoms with Gasteiger partial charge in [0.25, 0.3) is 0 Å². The molecule has 1 unspecified atom stereocenters. The van der Waals surface area contributed by atoms with Crippen LogP contribution in [0.25, 0.3) is 0 Å². The van der Waals surface area contributed by atoms with E-state index in [0.717, 1.165) is 15.0 Å². The maximum Gasteiger partial charge on any atom is 0.0918 e. The fourth-order valence-electron chi connectivity index (χ4n) is 1.24. The molecule has 1 rings (SSSR count). The van der Waals surface area contributed by atoms with Gasteiger partial charge in [0, 0.05) is 9.45 Å². The zero-order valence-corrected chi connectivity index (χ0v) is 11.2. The van der Waals surface area contributed by atoms with Crippen molar-refractivity contribution in [2.75, 3.05) is 4.43 Å². The van der Waals surface area contributed by atoms with Gasteiger partial charge in [-0.15, -0.1) is 0 Å². The molecule has 0 aliphatic heterocycles. The van der Waals surface area contributed by atoms with Crippen LogP contribution in [-0.4, -0.2) is 10.5 Å². The van der Waals surface area contributed by atoms with Gasteiger partial charge in [-0.1, -0.05) is 46.3 Å². The quantitative estimate of drug-likeness (QED) is 0.594. The SMILES string of the molecule is CC(C)OC(CI)c1cccc(Cl)c1. The third-order valence-electron chi connectivity index (χ3n) is 1.80. The van der Waals surface area contributed by atoms with Gasteiger partial charge in [-0.2, -0.15) is 0 Å². The summed E-state index contributed by atoms with van der Waals surface area (Å²) >= 11 is 8.25. The Labute approximate surface area is 104 Å². The highest BCUT2D eigenvalue weighted by molar-refractivity contribution is 14.1. The minimum atomic E-state index is 0.147. The van der Waals surface area contributed by atoms with Crippen molar-refractivity contribution in [2.24, 2.45) is 0 Å². The van der Waals surface area contributed by atoms with E-state index < -0.39 is 0 Å². The molecule has 1 atom stereocenters. The second-order valence-electron chi connectivity index (χ2n) is 3.38. The summed E-state index contributed by atoms with van der Waals surface area (Å²) in [6, 6.07) is 7.86. The number of benzene rings is 1. The Bertz CT molecular complexity index is 288. The van der Waals surface area contributed by atoms with Crippen LogP contribution in [0.1, 0.15) is 25.5 Å². The Morgan fingerprint density at radius 1 is 1.43 bits per heavy atom. The summed E-state index contributed by atoms with van der Waals surface area (Å²) in [4.78, 5) is 0. The molecule has 0 saturated carbocycles. The van der Waals surface area contributed by atoms with Crippen LogP contribution in [0.5, 0.6) is 0 Å². The zero-order valence-electron chi connectivity index (χ0n) is 8.34. The molecule has 1 aromatic carbocycles. The van der Waals surface area contributed by atoms with Crippen molar-refractivity contribution in [3.63, 3.8) is 0 Å². The van der Waals surface area contributed by atoms with Gasteiger partial charge in [-0.3, -0.25) is 0 Å². The van der Waals surface area contributed by atoms with E-state index in [-0.39, 0.29) is 12.2 Å². The van der Waals surface area contributed by atoms with Crippen LogP contribution < -0.4 is 0 Å². The summed E-state index contributed by atoms with van der Waals surface area (Å²) in [6.07, 6.45) is 0.392. The Morgan fingerprint density at radius 3 is 2.64 bits per heavy atom. The van der Waals surface area contributed by atoms with Crippen LogP contribution in [0.3, 0.4) is 0 Å². The van der Waals surface area contributed by atoms with E-state index in [1.165, 1.54) is 0 Å². The van der Waals surface area contributed by atoms with Crippen molar-refractivity contribution in [2.45, 2.75) is 26.1 Å². The fraction of sp³-hybridized carbons (Fsp3) is 0.455. The smallest absolute Gasteiger partial charge is 0.0918 e. The van der Waals surface area contributed by atoms with E-state index in [1.807, 2.05) is 32.0 Å². The summed E-state index contributed by atoms with van der Waals surface area (Å²) in [5.74, 6) is 0. The van der Waals surface area contributed by atoms with E-state index in [4.69, 9.17) is 16.3 Å². The standard InChI is InChI=1S/C11H14ClIO/c1-8(2)14-11(7-13)9-4-3-5-10(12)6-9/h3-6,8,11H,7H2,1-2H3. The maximum absolute atomic E-state index is 5.92. The molecule has 0 aliphatic rings. The first-order valence-corrected chi connectivity index (χ1v) is 6.50. The molecule has 78 valence electrons. The van der Waals surface area contributed by atoms with Crippen LogP contribution in [0.2, 0.25) is 5.02 Å². The number of alkyl halides is 1. The summed E-state index contributed by atoms with van der Waals surface area (Å²) in [5.41, 5.74) is 1.15. The number of ether oxygens (including phenoxy) is 1. The largest absolute Gasteiger partial charge is 0.370 e. The van der Waals surface area contributed by atoms with Crippen molar-refractivity contribution in [1.29, 1.82) is 0 Å². The highest BCUT2D eigenvalue weighted by atomic mass is 127. The van der Waals surface area contributed by atoms with Crippen molar-refractivity contribution in [1.82, 2.24) is 0 Å². The van der Waals surface area contributed by atoms with E-state index in [9.17, 15) is 0 Å². The molecule has 0 N–H and O–H groups in total. The number of hydrogen-bond donors (Lipinski definition) is 0. The summed E-state index contributed by atoms with van der Waals surface area (Å²) in [5, 5.41) is 0.768. The van der Waals surface area contributed by atoms with E-state index in [1.54, 1.807) is 0 Å². The van der Waals surface area contributed by atoms with Crippen molar-refractivity contribution in [3.8, 4) is 0 Å². The van der Waals surface area contributed by atoms with Gasteiger partial charge in [0.1, 0.15) is 0 Å². The Hall–Kier alpha value is 0.200. The molecule has 1 nitrogen and oxygen atoms in total. The van der Waals surface area contributed by atoms with Crippen LogP contribution in [0.15, 0.2) is 24.3 Å². The predicted molar refractivity (Wildman–Crippen MR) is 69.3 cm³/mol. The lowest BCUT2D eigenvalue weighted by molar-refractivity contribution is 0.0224. The first kappa shape index (κ1) is 12.3. The molecule has 0 heterocycles. The molecule has 0 amide bonds. The van der Waals surface area contributed by atoms with E-state index in [0.29, 0.717) is 0 Å². The number of halogens is 2. The van der Waals surface area contributed by atoms with Gasteiger partial charge in [0.05, 0.1) is 12.2 Å². The lowest BCUT2D eigenvalue weighted by Crippen LogP contribution is -2.11. The van der Waals surface area contributed by atoms with Crippen molar-refractivity contribution >= 4 is 34.2 Å². The zero-order chi connectivity index (χ0) is 10.6. The van der Waals surface area contributed by atoms with Crippen LogP contribution >= 0.6 is 34.2 Å². The first-order chi connectivity index (χ1) is 6.63. The Kier molecular flexibility index (Phi) is 5.20. The average molecular weight is 325 g/mol. The van der Waals surface area contributed by atoms with Gasteiger partial charge in [-0.05, 0) is 31.5 Å². The number of rotatable bonds is 4. The maximum atomic E-state index is 5.92. The monoisotopic (exact) mass is 324 g/mol. The topological polar surface area (TPSA) is 9.23 Å². The predicted octanol–water partition coefficient (Wildman–Crippen LogP) is 4.24. The van der Waals surface area contributed by atoms with Crippen LogP contribution in [0, 0.1) is 0 Å². The van der Waals surface area contributed by atoms with E-state index >= 15 is 0 Å². The average Bonchev–Trinajstić information content (AvgIpc) is 2.14. The third kappa shape index (κ3) is 3.75. The molecule has 0 spiro atoms. The Balaban J connectivity index is 2.78. The summed E-state index contributed by atoms with van der Waals surface area (Å²) in [6.45, 7) is 4.09. The van der Waals surface area contributed by atoms with Gasteiger partial charge in [0.2, 0.25) is 0 Å². The second kappa shape index (κ2) is 5.93. The molecule has 0 aliphatic carbocycles. The molecule has 1 aromatic rings. The normalized spacial score (nSPS) is 13.2. The van der Waals surface area contributed by atoms with Crippen LogP contribution in [0.4, 0.5) is 0 Å². The highest BCUT2D eigenvalue weighted by Gasteiger charge is 2.12. The minimum Gasteiger partial charge on any atom is -0.370 e. The molecule has 0 radical (unpaired) electrons. The highest BCUT2D eigenvalue weighted by Crippen LogP contribution is 2.24. The van der Waals surface area contributed by atoms with Gasteiger partial charge in [0.15, 0.2) is 0 Å². The molecule has 0 bridgehead atoms. The first-order valence-electron chi connectivity index (χ1n) is 4.60. The molecule has 14 heavy (non-hydrogen) atoms. The molecular weight excluding hydrogens is 310 g/mol. The van der Waals surface area contributed by atoms with Crippen molar-refractivity contribution < 1.29 is 4.74 Å². The second-order valence-corrected chi connectivity index (χ2v) is 4.70. The van der Waals surface area contributed by atoms with E-state index in [2.05, 4.69) is 28.7 Å². The Morgan fingerprint density at radius 2 is 2.14 bits per heavy atom. The van der Waals surface area contributed by atoms with Gasteiger partial charge >= 0.3 is 0 Å². The lowest BCUT2D eigenvalue weighted by atomic mass is 10.1. The molecule has 0 fully saturated rings. The minimum absolute atomic E-state index is 0.147. The molecule has 3 heteroatoms. The summed E-state index contributed by atoms with van der Waals surface area (Å²) < 4.78 is 6.72. The number of hydrogen-bond acceptors (Lipinski definition) is 1. The van der Waals surface area contributed by atoms with Crippen LogP contribution in [-0.2, 0) is 4.74 Å². The van der Waals surface area contributed by atoms with Gasteiger partial charge in [-0.25, -0.2) is 0 Å². The fourth-order valence-corrected chi connectivity index (χ4v) is 2.15. The van der Waals surface area contributed by atoms with Crippen molar-refractivity contribution in [3.05, 3.63) is 34.9 Å². The molecule has 0 saturated heterocycles. The third-order valence-corrected chi connectivity index (χ3v) is 2.83. The molecule has 0 aromatic heterocycles. The lowest BCUT2D eigenvalue weighted by Gasteiger charge is -2.18.